The van der Waals surface area contributed by atoms with Crippen LogP contribution in [0.1, 0.15) is 55.2 Å². The second-order valence-corrected chi connectivity index (χ2v) is 10.1. The van der Waals surface area contributed by atoms with Gasteiger partial charge in [0.15, 0.2) is 0 Å². The average Bonchev–Trinajstić information content (AvgIpc) is 3.03. The second-order valence-electron chi connectivity index (χ2n) is 7.68. The number of fused-ring (bicyclic) bond motifs is 1. The van der Waals surface area contributed by atoms with Gasteiger partial charge in [-0.05, 0) is 63.4 Å². The fourth-order valence-electron chi connectivity index (χ4n) is 3.00. The maximum atomic E-state index is 12.8. The van der Waals surface area contributed by atoms with E-state index in [0.29, 0.717) is 17.3 Å². The molecule has 0 aliphatic carbocycles. The Morgan fingerprint density at radius 2 is 2.07 bits per heavy atom. The lowest BCUT2D eigenvalue weighted by molar-refractivity contribution is 0.0989. The molecule has 0 saturated carbocycles. The smallest absolute Gasteiger partial charge is 0.258 e. The first kappa shape index (κ1) is 20.1. The van der Waals surface area contributed by atoms with Crippen LogP contribution in [-0.4, -0.2) is 26.7 Å². The minimum atomic E-state index is -1.14. The van der Waals surface area contributed by atoms with Crippen LogP contribution in [0.25, 0.3) is 0 Å². The fourth-order valence-corrected chi connectivity index (χ4v) is 3.98. The SMILES string of the molecule is C[C@@H](N[S+]([O-])C(C)(C)C)c1ccc2c(c1)CCN2C(=O)c1ccnc(Cl)c1. The van der Waals surface area contributed by atoms with E-state index in [0.717, 1.165) is 23.2 Å². The zero-order chi connectivity index (χ0) is 19.8. The summed E-state index contributed by atoms with van der Waals surface area (Å²) in [5, 5.41) is 0.308. The van der Waals surface area contributed by atoms with E-state index in [4.69, 9.17) is 11.6 Å². The van der Waals surface area contributed by atoms with Crippen molar-refractivity contribution < 1.29 is 9.35 Å². The summed E-state index contributed by atoms with van der Waals surface area (Å²) >= 11 is 4.77. The van der Waals surface area contributed by atoms with Crippen LogP contribution in [0.5, 0.6) is 0 Å². The Bertz CT molecular complexity index is 853. The van der Waals surface area contributed by atoms with Crippen molar-refractivity contribution >= 4 is 34.6 Å². The van der Waals surface area contributed by atoms with Gasteiger partial charge in [0.25, 0.3) is 5.91 Å². The first-order valence-corrected chi connectivity index (χ1v) is 10.4. The van der Waals surface area contributed by atoms with Gasteiger partial charge in [0, 0.05) is 35.4 Å². The summed E-state index contributed by atoms with van der Waals surface area (Å²) in [6.45, 7) is 8.47. The largest absolute Gasteiger partial charge is 0.598 e. The highest BCUT2D eigenvalue weighted by molar-refractivity contribution is 7.90. The molecule has 2 heterocycles. The number of anilines is 1. The summed E-state index contributed by atoms with van der Waals surface area (Å²) in [6, 6.07) is 9.27. The molecular weight excluding hydrogens is 382 g/mol. The van der Waals surface area contributed by atoms with Crippen molar-refractivity contribution in [1.29, 1.82) is 0 Å². The standard InChI is InChI=1S/C20H24ClN3O2S/c1-13(23-27(26)20(2,3)4)14-5-6-17-15(11-14)8-10-24(17)19(25)16-7-9-22-18(21)12-16/h5-7,9,11-13,23H,8,10H2,1-4H3/t13-,27?/m1/s1. The minimum Gasteiger partial charge on any atom is -0.598 e. The number of amides is 1. The Kier molecular flexibility index (Phi) is 5.82. The van der Waals surface area contributed by atoms with Crippen molar-refractivity contribution in [3.63, 3.8) is 0 Å². The molecule has 1 aromatic heterocycles. The normalized spacial score (nSPS) is 16.1. The van der Waals surface area contributed by atoms with Crippen molar-refractivity contribution in [3.8, 4) is 0 Å². The Morgan fingerprint density at radius 1 is 1.33 bits per heavy atom. The Hall–Kier alpha value is -1.60. The molecule has 0 fully saturated rings. The van der Waals surface area contributed by atoms with Crippen LogP contribution in [0, 0.1) is 0 Å². The molecule has 3 rings (SSSR count). The third-order valence-corrected chi connectivity index (χ3v) is 6.44. The molecule has 144 valence electrons. The molecule has 27 heavy (non-hydrogen) atoms. The lowest BCUT2D eigenvalue weighted by Gasteiger charge is -2.26. The van der Waals surface area contributed by atoms with Gasteiger partial charge < -0.3 is 9.45 Å². The maximum absolute atomic E-state index is 12.8. The van der Waals surface area contributed by atoms with Gasteiger partial charge >= 0.3 is 0 Å². The number of halogens is 1. The van der Waals surface area contributed by atoms with Crippen molar-refractivity contribution in [3.05, 3.63) is 58.4 Å². The lowest BCUT2D eigenvalue weighted by Crippen LogP contribution is -2.40. The number of nitrogens with zero attached hydrogens (tertiary/aromatic N) is 2. The zero-order valence-corrected chi connectivity index (χ0v) is 17.5. The molecule has 0 saturated heterocycles. The van der Waals surface area contributed by atoms with E-state index in [1.807, 2.05) is 39.8 Å². The van der Waals surface area contributed by atoms with E-state index in [9.17, 15) is 9.35 Å². The second kappa shape index (κ2) is 7.80. The lowest BCUT2D eigenvalue weighted by atomic mass is 10.0. The van der Waals surface area contributed by atoms with E-state index in [-0.39, 0.29) is 16.7 Å². The summed E-state index contributed by atoms with van der Waals surface area (Å²) in [5.41, 5.74) is 3.63. The van der Waals surface area contributed by atoms with Gasteiger partial charge in [-0.3, -0.25) is 4.79 Å². The highest BCUT2D eigenvalue weighted by atomic mass is 35.5. The Morgan fingerprint density at radius 3 is 2.74 bits per heavy atom. The van der Waals surface area contributed by atoms with E-state index in [1.54, 1.807) is 23.2 Å². The number of benzene rings is 1. The van der Waals surface area contributed by atoms with Crippen LogP contribution in [0.2, 0.25) is 5.15 Å². The van der Waals surface area contributed by atoms with Gasteiger partial charge in [-0.1, -0.05) is 23.7 Å². The van der Waals surface area contributed by atoms with Crippen molar-refractivity contribution in [2.45, 2.75) is 44.9 Å². The van der Waals surface area contributed by atoms with Crippen LogP contribution >= 0.6 is 11.6 Å². The molecule has 5 nitrogen and oxygen atoms in total. The van der Waals surface area contributed by atoms with Crippen LogP contribution < -0.4 is 9.62 Å². The molecule has 7 heteroatoms. The third kappa shape index (κ3) is 4.46. The van der Waals surface area contributed by atoms with Gasteiger partial charge in [-0.15, -0.1) is 4.72 Å². The van der Waals surface area contributed by atoms with Crippen LogP contribution in [0.4, 0.5) is 5.69 Å². The third-order valence-electron chi connectivity index (χ3n) is 4.56. The molecule has 0 spiro atoms. The first-order chi connectivity index (χ1) is 12.7. The molecule has 1 amide bonds. The summed E-state index contributed by atoms with van der Waals surface area (Å²) in [7, 11) is 0. The Balaban J connectivity index is 1.78. The Labute approximate surface area is 168 Å². The van der Waals surface area contributed by atoms with Crippen LogP contribution in [0.3, 0.4) is 0 Å². The van der Waals surface area contributed by atoms with E-state index >= 15 is 0 Å². The quantitative estimate of drug-likeness (QED) is 0.615. The van der Waals surface area contributed by atoms with Gasteiger partial charge in [-0.25, -0.2) is 4.98 Å². The summed E-state index contributed by atoms with van der Waals surface area (Å²) in [6.07, 6.45) is 2.33. The van der Waals surface area contributed by atoms with Gasteiger partial charge in [0.2, 0.25) is 0 Å². The van der Waals surface area contributed by atoms with Crippen molar-refractivity contribution in [2.24, 2.45) is 0 Å². The molecule has 0 radical (unpaired) electrons. The predicted octanol–water partition coefficient (Wildman–Crippen LogP) is 4.05. The number of carbonyl (C=O) groups excluding carboxylic acids is 1. The van der Waals surface area contributed by atoms with Crippen LogP contribution in [-0.2, 0) is 17.8 Å². The number of rotatable bonds is 4. The predicted molar refractivity (Wildman–Crippen MR) is 111 cm³/mol. The van der Waals surface area contributed by atoms with Crippen LogP contribution in [0.15, 0.2) is 36.5 Å². The summed E-state index contributed by atoms with van der Waals surface area (Å²) < 4.78 is 15.2. The number of pyridine rings is 1. The maximum Gasteiger partial charge on any atom is 0.258 e. The van der Waals surface area contributed by atoms with E-state index < -0.39 is 11.4 Å². The number of hydrogen-bond donors (Lipinski definition) is 1. The topological polar surface area (TPSA) is 68.3 Å². The zero-order valence-electron chi connectivity index (χ0n) is 16.0. The van der Waals surface area contributed by atoms with Gasteiger partial charge in [-0.2, -0.15) is 0 Å². The summed E-state index contributed by atoms with van der Waals surface area (Å²) in [5.74, 6) is -0.0780. The molecule has 1 aliphatic heterocycles. The molecule has 2 aromatic rings. The fraction of sp³-hybridized carbons (Fsp3) is 0.400. The molecule has 1 N–H and O–H groups in total. The van der Waals surface area contributed by atoms with Crippen molar-refractivity contribution in [2.75, 3.05) is 11.4 Å². The highest BCUT2D eigenvalue weighted by Crippen LogP contribution is 2.32. The number of nitrogens with one attached hydrogen (secondary N) is 1. The summed E-state index contributed by atoms with van der Waals surface area (Å²) in [4.78, 5) is 18.5. The number of carbonyl (C=O) groups is 1. The minimum absolute atomic E-state index is 0.0425. The average molecular weight is 406 g/mol. The van der Waals surface area contributed by atoms with E-state index in [1.165, 1.54) is 0 Å². The molecule has 1 aliphatic rings. The number of hydrogen-bond acceptors (Lipinski definition) is 4. The number of aromatic nitrogens is 1. The van der Waals surface area contributed by atoms with Gasteiger partial charge in [0.1, 0.15) is 9.90 Å². The molecule has 1 unspecified atom stereocenters. The van der Waals surface area contributed by atoms with Gasteiger partial charge in [0.05, 0.1) is 6.04 Å². The van der Waals surface area contributed by atoms with Crippen molar-refractivity contribution in [1.82, 2.24) is 9.71 Å². The molecular formula is C20H24ClN3O2S. The van der Waals surface area contributed by atoms with E-state index in [2.05, 4.69) is 15.8 Å². The monoisotopic (exact) mass is 405 g/mol. The molecule has 0 bridgehead atoms. The molecule has 1 aromatic carbocycles. The molecule has 2 atom stereocenters. The highest BCUT2D eigenvalue weighted by Gasteiger charge is 2.30. The first-order valence-electron chi connectivity index (χ1n) is 8.91.